The molecule has 0 saturated carbocycles. The van der Waals surface area contributed by atoms with Gasteiger partial charge in [0, 0.05) is 17.2 Å². The number of anilines is 1. The average Bonchev–Trinajstić information content (AvgIpc) is 2.97. The molecule has 1 atom stereocenters. The van der Waals surface area contributed by atoms with E-state index in [-0.39, 0.29) is 11.3 Å². The maximum Gasteiger partial charge on any atom is 0.497 e. The molecular formula is C24H29BF4N2O5. The number of pyridine rings is 1. The Hall–Kier alpha value is -2.86. The standard InChI is InChI=1S/C24H29BF4N2O5/c1-12-11-30-21(33-8)13(2)19(12)31-20(32)15-9-17(26)16(10-18(15)34-14(3)24(27,28)29)25-35-22(4,5)23(6,7)36-25/h9-11,14H,1-8H3,(H,30,31,32). The highest BCUT2D eigenvalue weighted by Gasteiger charge is 2.52. The molecule has 3 rings (SSSR count). The highest BCUT2D eigenvalue weighted by atomic mass is 19.4. The first kappa shape index (κ1) is 27.7. The van der Waals surface area contributed by atoms with Gasteiger partial charge in [-0.2, -0.15) is 13.2 Å². The summed E-state index contributed by atoms with van der Waals surface area (Å²) < 4.78 is 77.2. The molecule has 1 fully saturated rings. The smallest absolute Gasteiger partial charge is 0.481 e. The lowest BCUT2D eigenvalue weighted by Gasteiger charge is -2.32. The predicted octanol–water partition coefficient (Wildman–Crippen LogP) is 4.73. The Balaban J connectivity index is 2.07. The van der Waals surface area contributed by atoms with E-state index in [1.54, 1.807) is 41.5 Å². The largest absolute Gasteiger partial charge is 0.497 e. The van der Waals surface area contributed by atoms with Gasteiger partial charge in [-0.3, -0.25) is 4.79 Å². The van der Waals surface area contributed by atoms with Gasteiger partial charge >= 0.3 is 13.3 Å². The van der Waals surface area contributed by atoms with Gasteiger partial charge in [-0.25, -0.2) is 9.37 Å². The number of rotatable bonds is 6. The Labute approximate surface area is 207 Å². The molecule has 0 radical (unpaired) electrons. The number of nitrogens with one attached hydrogen (secondary N) is 1. The molecule has 1 aliphatic heterocycles. The van der Waals surface area contributed by atoms with Crippen LogP contribution in [0.4, 0.5) is 23.2 Å². The number of hydrogen-bond donors (Lipinski definition) is 1. The van der Waals surface area contributed by atoms with Crippen LogP contribution in [0.1, 0.15) is 56.1 Å². The van der Waals surface area contributed by atoms with Crippen LogP contribution in [0.3, 0.4) is 0 Å². The first-order chi connectivity index (χ1) is 16.5. The third-order valence-electron chi connectivity index (χ3n) is 6.51. The van der Waals surface area contributed by atoms with Crippen molar-refractivity contribution < 1.29 is 41.1 Å². The van der Waals surface area contributed by atoms with E-state index in [4.69, 9.17) is 18.8 Å². The summed E-state index contributed by atoms with van der Waals surface area (Å²) >= 11 is 0. The zero-order valence-electron chi connectivity index (χ0n) is 21.4. The maximum absolute atomic E-state index is 15.3. The van der Waals surface area contributed by atoms with E-state index in [9.17, 15) is 18.0 Å². The van der Waals surface area contributed by atoms with Crippen molar-refractivity contribution in [3.8, 4) is 11.6 Å². The van der Waals surface area contributed by atoms with Crippen molar-refractivity contribution in [3.05, 3.63) is 40.8 Å². The predicted molar refractivity (Wildman–Crippen MR) is 126 cm³/mol. The monoisotopic (exact) mass is 512 g/mol. The number of ether oxygens (including phenoxy) is 2. The van der Waals surface area contributed by atoms with E-state index in [1.807, 2.05) is 0 Å². The van der Waals surface area contributed by atoms with Crippen molar-refractivity contribution in [1.82, 2.24) is 4.98 Å². The summed E-state index contributed by atoms with van der Waals surface area (Å²) in [5.41, 5.74) is -0.873. The number of aryl methyl sites for hydroxylation is 1. The molecule has 1 aromatic heterocycles. The first-order valence-electron chi connectivity index (χ1n) is 11.2. The number of hydrogen-bond acceptors (Lipinski definition) is 6. The van der Waals surface area contributed by atoms with Crippen LogP contribution in [-0.4, -0.2) is 48.6 Å². The van der Waals surface area contributed by atoms with Crippen LogP contribution < -0.4 is 20.3 Å². The molecule has 0 spiro atoms. The second kappa shape index (κ2) is 9.55. The van der Waals surface area contributed by atoms with Gasteiger partial charge in [0.05, 0.1) is 29.6 Å². The van der Waals surface area contributed by atoms with Crippen molar-refractivity contribution in [1.29, 1.82) is 0 Å². The van der Waals surface area contributed by atoms with Gasteiger partial charge < -0.3 is 24.1 Å². The average molecular weight is 512 g/mol. The molecule has 12 heteroatoms. The summed E-state index contributed by atoms with van der Waals surface area (Å²) in [4.78, 5) is 17.3. The van der Waals surface area contributed by atoms with Gasteiger partial charge in [-0.1, -0.05) is 0 Å². The zero-order chi connectivity index (χ0) is 27.2. The van der Waals surface area contributed by atoms with Gasteiger partial charge in [0.2, 0.25) is 5.88 Å². The molecular weight excluding hydrogens is 483 g/mol. The quantitative estimate of drug-likeness (QED) is 0.446. The van der Waals surface area contributed by atoms with E-state index in [1.165, 1.54) is 13.3 Å². The van der Waals surface area contributed by atoms with E-state index in [0.717, 1.165) is 19.1 Å². The van der Waals surface area contributed by atoms with Crippen LogP contribution in [0.2, 0.25) is 0 Å². The fourth-order valence-electron chi connectivity index (χ4n) is 3.55. The molecule has 1 saturated heterocycles. The number of halogens is 4. The lowest BCUT2D eigenvalue weighted by molar-refractivity contribution is -0.189. The SMILES string of the molecule is COc1ncc(C)c(NC(=O)c2cc(F)c(B3OC(C)(C)C(C)(C)O3)cc2OC(C)C(F)(F)F)c1C. The van der Waals surface area contributed by atoms with Gasteiger partial charge in [0.1, 0.15) is 11.6 Å². The summed E-state index contributed by atoms with van der Waals surface area (Å²) in [6.07, 6.45) is -5.53. The Morgan fingerprint density at radius 3 is 2.25 bits per heavy atom. The van der Waals surface area contributed by atoms with Crippen LogP contribution in [-0.2, 0) is 9.31 Å². The van der Waals surface area contributed by atoms with Crippen LogP contribution in [0, 0.1) is 19.7 Å². The van der Waals surface area contributed by atoms with Crippen molar-refractivity contribution in [2.45, 2.75) is 71.9 Å². The number of carbonyl (C=O) groups excluding carboxylic acids is 1. The molecule has 0 aliphatic carbocycles. The fraction of sp³-hybridized carbons (Fsp3) is 0.500. The van der Waals surface area contributed by atoms with Crippen molar-refractivity contribution in [2.75, 3.05) is 12.4 Å². The summed E-state index contributed by atoms with van der Waals surface area (Å²) in [6, 6.07) is 1.83. The van der Waals surface area contributed by atoms with Gasteiger partial charge in [-0.15, -0.1) is 0 Å². The number of amides is 1. The second-order valence-electron chi connectivity index (χ2n) is 9.66. The minimum absolute atomic E-state index is 0.187. The Kier molecular flexibility index (Phi) is 7.35. The summed E-state index contributed by atoms with van der Waals surface area (Å²) in [6.45, 7) is 11.1. The van der Waals surface area contributed by atoms with E-state index < -0.39 is 53.6 Å². The maximum atomic E-state index is 15.3. The van der Waals surface area contributed by atoms with Gasteiger partial charge in [0.25, 0.3) is 5.91 Å². The lowest BCUT2D eigenvalue weighted by atomic mass is 9.78. The van der Waals surface area contributed by atoms with Crippen LogP contribution >= 0.6 is 0 Å². The number of aromatic nitrogens is 1. The van der Waals surface area contributed by atoms with Crippen molar-refractivity contribution in [2.24, 2.45) is 0 Å². The molecule has 2 heterocycles. The normalized spacial score (nSPS) is 17.6. The highest BCUT2D eigenvalue weighted by molar-refractivity contribution is 6.62. The molecule has 36 heavy (non-hydrogen) atoms. The molecule has 1 amide bonds. The number of methoxy groups -OCH3 is 1. The van der Waals surface area contributed by atoms with E-state index in [0.29, 0.717) is 16.8 Å². The fourth-order valence-corrected chi connectivity index (χ4v) is 3.55. The summed E-state index contributed by atoms with van der Waals surface area (Å²) in [5.74, 6) is -2.00. The summed E-state index contributed by atoms with van der Waals surface area (Å²) in [5, 5.41) is 2.61. The molecule has 2 aromatic rings. The van der Waals surface area contributed by atoms with Crippen LogP contribution in [0.5, 0.6) is 11.6 Å². The number of nitrogens with zero attached hydrogens (tertiary/aromatic N) is 1. The lowest BCUT2D eigenvalue weighted by Crippen LogP contribution is -2.41. The third-order valence-corrected chi connectivity index (χ3v) is 6.51. The first-order valence-corrected chi connectivity index (χ1v) is 11.2. The highest BCUT2D eigenvalue weighted by Crippen LogP contribution is 2.37. The van der Waals surface area contributed by atoms with Crippen LogP contribution in [0.15, 0.2) is 18.3 Å². The Bertz CT molecular complexity index is 1150. The molecule has 1 aromatic carbocycles. The minimum atomic E-state index is -4.72. The molecule has 1 aliphatic rings. The van der Waals surface area contributed by atoms with E-state index in [2.05, 4.69) is 10.3 Å². The third kappa shape index (κ3) is 5.29. The van der Waals surface area contributed by atoms with Crippen molar-refractivity contribution >= 4 is 24.2 Å². The van der Waals surface area contributed by atoms with Crippen LogP contribution in [0.25, 0.3) is 0 Å². The second-order valence-corrected chi connectivity index (χ2v) is 9.66. The number of benzene rings is 1. The minimum Gasteiger partial charge on any atom is -0.481 e. The zero-order valence-corrected chi connectivity index (χ0v) is 21.4. The summed E-state index contributed by atoms with van der Waals surface area (Å²) in [7, 11) is 0.189. The Morgan fingerprint density at radius 2 is 1.72 bits per heavy atom. The molecule has 0 bridgehead atoms. The molecule has 196 valence electrons. The number of carbonyl (C=O) groups is 1. The van der Waals surface area contributed by atoms with Crippen molar-refractivity contribution in [3.63, 3.8) is 0 Å². The molecule has 1 unspecified atom stereocenters. The Morgan fingerprint density at radius 1 is 1.14 bits per heavy atom. The molecule has 1 N–H and O–H groups in total. The van der Waals surface area contributed by atoms with Gasteiger partial charge in [-0.05, 0) is 66.2 Å². The molecule has 7 nitrogen and oxygen atoms in total. The number of alkyl halides is 3. The van der Waals surface area contributed by atoms with Gasteiger partial charge in [0.15, 0.2) is 6.10 Å². The van der Waals surface area contributed by atoms with E-state index >= 15 is 4.39 Å². The topological polar surface area (TPSA) is 78.9 Å².